The molecule has 76 valence electrons. The minimum Gasteiger partial charge on any atom is -0.355 e. The Morgan fingerprint density at radius 1 is 1.57 bits per heavy atom. The second-order valence-corrected chi connectivity index (χ2v) is 3.60. The van der Waals surface area contributed by atoms with Gasteiger partial charge in [0, 0.05) is 18.7 Å². The van der Waals surface area contributed by atoms with Crippen LogP contribution in [-0.2, 0) is 13.0 Å². The highest BCUT2D eigenvalue weighted by molar-refractivity contribution is 5.32. The van der Waals surface area contributed by atoms with Crippen molar-refractivity contribution in [3.8, 4) is 0 Å². The highest BCUT2D eigenvalue weighted by Crippen LogP contribution is 2.11. The second-order valence-electron chi connectivity index (χ2n) is 3.60. The number of hydrogen-bond acceptors (Lipinski definition) is 3. The summed E-state index contributed by atoms with van der Waals surface area (Å²) >= 11 is 0. The normalized spacial score (nSPS) is 14.7. The number of nitrogens with one attached hydrogen (secondary N) is 1. The van der Waals surface area contributed by atoms with Crippen LogP contribution < -0.4 is 10.9 Å². The van der Waals surface area contributed by atoms with Gasteiger partial charge < -0.3 is 5.32 Å². The molecule has 0 saturated carbocycles. The van der Waals surface area contributed by atoms with E-state index >= 15 is 0 Å². The van der Waals surface area contributed by atoms with Crippen molar-refractivity contribution in [3.05, 3.63) is 21.6 Å². The lowest BCUT2D eigenvalue weighted by atomic mass is 10.2. The Morgan fingerprint density at radius 3 is 3.07 bits per heavy atom. The summed E-state index contributed by atoms with van der Waals surface area (Å²) in [5, 5.41) is 3.16. The first-order valence-electron chi connectivity index (χ1n) is 5.08. The predicted octanol–water partition coefficient (Wildman–Crippen LogP) is 0.930. The molecule has 2 heterocycles. The smallest absolute Gasteiger partial charge is 0.258 e. The lowest BCUT2D eigenvalue weighted by Gasteiger charge is -2.20. The summed E-state index contributed by atoms with van der Waals surface area (Å²) in [6.45, 7) is 5.59. The Kier molecular flexibility index (Phi) is 2.27. The summed E-state index contributed by atoms with van der Waals surface area (Å²) < 4.78 is 1.73. The van der Waals surface area contributed by atoms with Crippen LogP contribution in [0.3, 0.4) is 0 Å². The molecule has 14 heavy (non-hydrogen) atoms. The molecule has 1 aliphatic rings. The van der Waals surface area contributed by atoms with Gasteiger partial charge in [-0.05, 0) is 19.8 Å². The molecule has 4 heteroatoms. The van der Waals surface area contributed by atoms with E-state index in [1.54, 1.807) is 4.57 Å². The van der Waals surface area contributed by atoms with Crippen molar-refractivity contribution in [2.45, 2.75) is 33.2 Å². The van der Waals surface area contributed by atoms with Gasteiger partial charge in [-0.15, -0.1) is 0 Å². The highest BCUT2D eigenvalue weighted by atomic mass is 16.1. The van der Waals surface area contributed by atoms with Gasteiger partial charge >= 0.3 is 0 Å². The van der Waals surface area contributed by atoms with E-state index in [0.717, 1.165) is 43.1 Å². The van der Waals surface area contributed by atoms with Crippen LogP contribution in [0, 0.1) is 6.92 Å². The van der Waals surface area contributed by atoms with Gasteiger partial charge in [-0.3, -0.25) is 9.36 Å². The molecule has 0 aliphatic carbocycles. The second kappa shape index (κ2) is 3.44. The number of hydrogen-bond donors (Lipinski definition) is 1. The molecule has 1 aromatic rings. The zero-order valence-corrected chi connectivity index (χ0v) is 8.63. The molecular weight excluding hydrogens is 178 g/mol. The van der Waals surface area contributed by atoms with E-state index in [2.05, 4.69) is 10.3 Å². The molecule has 0 spiro atoms. The van der Waals surface area contributed by atoms with Gasteiger partial charge in [-0.1, -0.05) is 6.92 Å². The molecule has 0 unspecified atom stereocenters. The number of aromatic nitrogens is 2. The number of rotatable bonds is 1. The molecule has 1 aliphatic heterocycles. The van der Waals surface area contributed by atoms with E-state index in [4.69, 9.17) is 0 Å². The zero-order valence-electron chi connectivity index (χ0n) is 8.63. The van der Waals surface area contributed by atoms with Crippen LogP contribution in [0.25, 0.3) is 0 Å². The quantitative estimate of drug-likeness (QED) is 0.721. The fraction of sp³-hybridized carbons (Fsp3) is 0.600. The molecule has 0 bridgehead atoms. The highest BCUT2D eigenvalue weighted by Gasteiger charge is 2.14. The zero-order chi connectivity index (χ0) is 10.1. The molecule has 4 nitrogen and oxygen atoms in total. The number of aryl methyl sites for hydroxylation is 1. The van der Waals surface area contributed by atoms with E-state index in [1.807, 2.05) is 13.8 Å². The fourth-order valence-corrected chi connectivity index (χ4v) is 1.82. The largest absolute Gasteiger partial charge is 0.355 e. The van der Waals surface area contributed by atoms with E-state index < -0.39 is 0 Å². The van der Waals surface area contributed by atoms with Crippen LogP contribution in [0.2, 0.25) is 0 Å². The topological polar surface area (TPSA) is 46.9 Å². The van der Waals surface area contributed by atoms with Gasteiger partial charge in [0.05, 0.1) is 5.69 Å². The van der Waals surface area contributed by atoms with Crippen molar-refractivity contribution in [1.82, 2.24) is 9.55 Å². The van der Waals surface area contributed by atoms with Crippen LogP contribution in [0.1, 0.15) is 24.6 Å². The maximum Gasteiger partial charge on any atom is 0.258 e. The summed E-state index contributed by atoms with van der Waals surface area (Å²) in [4.78, 5) is 16.3. The molecule has 1 aromatic heterocycles. The van der Waals surface area contributed by atoms with Gasteiger partial charge in [-0.2, -0.15) is 0 Å². The maximum absolute atomic E-state index is 11.9. The van der Waals surface area contributed by atoms with Crippen molar-refractivity contribution in [3.63, 3.8) is 0 Å². The molecular formula is C10H15N3O. The molecule has 2 rings (SSSR count). The summed E-state index contributed by atoms with van der Waals surface area (Å²) in [5.74, 6) is 0.740. The van der Waals surface area contributed by atoms with Gasteiger partial charge in [-0.25, -0.2) is 4.98 Å². The predicted molar refractivity (Wildman–Crippen MR) is 55.7 cm³/mol. The minimum atomic E-state index is 0.110. The number of anilines is 1. The minimum absolute atomic E-state index is 0.110. The van der Waals surface area contributed by atoms with Crippen molar-refractivity contribution >= 4 is 5.95 Å². The Bertz CT molecular complexity index is 409. The van der Waals surface area contributed by atoms with Gasteiger partial charge in [0.25, 0.3) is 5.56 Å². The Morgan fingerprint density at radius 2 is 2.36 bits per heavy atom. The molecule has 0 saturated heterocycles. The summed E-state index contributed by atoms with van der Waals surface area (Å²) in [6.07, 6.45) is 1.82. The number of fused-ring (bicyclic) bond motifs is 1. The standard InChI is InChI=1S/C10H15N3O/c1-3-8-7(2)9(14)13-6-4-5-11-10(13)12-8/h3-6H2,1-2H3,(H,11,12). The molecule has 0 amide bonds. The van der Waals surface area contributed by atoms with E-state index in [1.165, 1.54) is 0 Å². The van der Waals surface area contributed by atoms with Crippen molar-refractivity contribution in [2.24, 2.45) is 0 Å². The molecule has 1 N–H and O–H groups in total. The van der Waals surface area contributed by atoms with Gasteiger partial charge in [0.1, 0.15) is 0 Å². The van der Waals surface area contributed by atoms with Gasteiger partial charge in [0.15, 0.2) is 0 Å². The first-order valence-corrected chi connectivity index (χ1v) is 5.08. The molecule has 0 fully saturated rings. The molecule has 0 atom stereocenters. The third kappa shape index (κ3) is 1.31. The summed E-state index contributed by atoms with van der Waals surface area (Å²) in [5.41, 5.74) is 1.81. The first-order chi connectivity index (χ1) is 6.74. The third-order valence-corrected chi connectivity index (χ3v) is 2.67. The lowest BCUT2D eigenvalue weighted by molar-refractivity contribution is 0.588. The average molecular weight is 193 g/mol. The first kappa shape index (κ1) is 9.24. The van der Waals surface area contributed by atoms with E-state index in [0.29, 0.717) is 0 Å². The Labute approximate surface area is 83.0 Å². The molecule has 0 aromatic carbocycles. The van der Waals surface area contributed by atoms with Crippen molar-refractivity contribution < 1.29 is 0 Å². The Hall–Kier alpha value is -1.32. The number of nitrogens with zero attached hydrogens (tertiary/aromatic N) is 2. The fourth-order valence-electron chi connectivity index (χ4n) is 1.82. The van der Waals surface area contributed by atoms with Crippen molar-refractivity contribution in [1.29, 1.82) is 0 Å². The van der Waals surface area contributed by atoms with Gasteiger partial charge in [0.2, 0.25) is 5.95 Å². The monoisotopic (exact) mass is 193 g/mol. The third-order valence-electron chi connectivity index (χ3n) is 2.67. The van der Waals surface area contributed by atoms with E-state index in [-0.39, 0.29) is 5.56 Å². The average Bonchev–Trinajstić information content (AvgIpc) is 2.23. The van der Waals surface area contributed by atoms with Crippen LogP contribution in [0.5, 0.6) is 0 Å². The molecule has 0 radical (unpaired) electrons. The van der Waals surface area contributed by atoms with Crippen LogP contribution >= 0.6 is 0 Å². The van der Waals surface area contributed by atoms with Crippen LogP contribution in [0.4, 0.5) is 5.95 Å². The summed E-state index contributed by atoms with van der Waals surface area (Å²) in [6, 6.07) is 0. The Balaban J connectivity index is 2.63. The SMILES string of the molecule is CCc1nc2n(c(=O)c1C)CCCN2. The van der Waals surface area contributed by atoms with Crippen LogP contribution in [0.15, 0.2) is 4.79 Å². The summed E-state index contributed by atoms with van der Waals surface area (Å²) in [7, 11) is 0. The van der Waals surface area contributed by atoms with E-state index in [9.17, 15) is 4.79 Å². The maximum atomic E-state index is 11.9. The van der Waals surface area contributed by atoms with Crippen LogP contribution in [-0.4, -0.2) is 16.1 Å². The van der Waals surface area contributed by atoms with Crippen molar-refractivity contribution in [2.75, 3.05) is 11.9 Å². The lowest BCUT2D eigenvalue weighted by Crippen LogP contribution is -2.32.